The van der Waals surface area contributed by atoms with Crippen LogP contribution in [0.5, 0.6) is 0 Å². The van der Waals surface area contributed by atoms with Crippen molar-refractivity contribution in [3.8, 4) is 6.07 Å². The third kappa shape index (κ3) is 3.46. The first-order valence-electron chi connectivity index (χ1n) is 6.88. The van der Waals surface area contributed by atoms with Crippen LogP contribution in [0.15, 0.2) is 0 Å². The minimum absolute atomic E-state index is 0.0327. The monoisotopic (exact) mass is 251 g/mol. The van der Waals surface area contributed by atoms with Gasteiger partial charge in [0.25, 0.3) is 0 Å². The maximum absolute atomic E-state index is 12.2. The van der Waals surface area contributed by atoms with E-state index in [1.165, 1.54) is 6.42 Å². The molecule has 0 aromatic rings. The Balaban J connectivity index is 2.61. The third-order valence-corrected chi connectivity index (χ3v) is 4.09. The lowest BCUT2D eigenvalue weighted by molar-refractivity contribution is -0.127. The summed E-state index contributed by atoms with van der Waals surface area (Å²) in [6, 6.07) is 2.07. The molecular weight excluding hydrogens is 226 g/mol. The van der Waals surface area contributed by atoms with Crippen LogP contribution in [-0.2, 0) is 4.79 Å². The zero-order valence-corrected chi connectivity index (χ0v) is 12.0. The first-order chi connectivity index (χ1) is 8.40. The van der Waals surface area contributed by atoms with Gasteiger partial charge >= 0.3 is 0 Å². The number of nitrogens with zero attached hydrogens (tertiary/aromatic N) is 2. The predicted octanol–water partition coefficient (Wildman–Crippen LogP) is 1.92. The van der Waals surface area contributed by atoms with E-state index >= 15 is 0 Å². The highest BCUT2D eigenvalue weighted by molar-refractivity contribution is 5.82. The molecule has 1 N–H and O–H groups in total. The van der Waals surface area contributed by atoms with Crippen molar-refractivity contribution in [2.75, 3.05) is 13.1 Å². The van der Waals surface area contributed by atoms with Gasteiger partial charge in [0, 0.05) is 0 Å². The zero-order valence-electron chi connectivity index (χ0n) is 12.0. The molecule has 1 amide bonds. The van der Waals surface area contributed by atoms with E-state index in [0.29, 0.717) is 0 Å². The fraction of sp³-hybridized carbons (Fsp3) is 0.857. The molecule has 0 radical (unpaired) electrons. The van der Waals surface area contributed by atoms with E-state index in [1.807, 2.05) is 20.8 Å². The fourth-order valence-corrected chi connectivity index (χ4v) is 2.13. The van der Waals surface area contributed by atoms with Crippen molar-refractivity contribution in [1.82, 2.24) is 10.2 Å². The summed E-state index contributed by atoms with van der Waals surface area (Å²) in [7, 11) is 0. The maximum atomic E-state index is 12.2. The largest absolute Gasteiger partial charge is 0.336 e. The van der Waals surface area contributed by atoms with E-state index in [1.54, 1.807) is 6.92 Å². The van der Waals surface area contributed by atoms with Crippen molar-refractivity contribution in [2.45, 2.75) is 58.5 Å². The van der Waals surface area contributed by atoms with Crippen molar-refractivity contribution in [3.63, 3.8) is 0 Å². The highest BCUT2D eigenvalue weighted by atomic mass is 16.2. The van der Waals surface area contributed by atoms with Gasteiger partial charge in [0.1, 0.15) is 5.54 Å². The molecule has 4 heteroatoms. The van der Waals surface area contributed by atoms with Gasteiger partial charge in [0.05, 0.1) is 12.1 Å². The van der Waals surface area contributed by atoms with Crippen molar-refractivity contribution in [1.29, 1.82) is 5.26 Å². The molecule has 1 aliphatic rings. The van der Waals surface area contributed by atoms with E-state index in [4.69, 9.17) is 0 Å². The first-order valence-corrected chi connectivity index (χ1v) is 6.88. The van der Waals surface area contributed by atoms with E-state index in [2.05, 4.69) is 16.3 Å². The third-order valence-electron chi connectivity index (χ3n) is 4.09. The number of carbonyl (C=O) groups is 1. The van der Waals surface area contributed by atoms with Gasteiger partial charge in [-0.3, -0.25) is 9.69 Å². The number of hydrogen-bond acceptors (Lipinski definition) is 3. The smallest absolute Gasteiger partial charge is 0.238 e. The lowest BCUT2D eigenvalue weighted by Crippen LogP contribution is -2.55. The molecule has 0 aromatic carbocycles. The number of rotatable bonds is 4. The number of carbonyl (C=O) groups excluding carboxylic acids is 1. The molecule has 0 spiro atoms. The Morgan fingerprint density at radius 1 is 1.28 bits per heavy atom. The number of piperidine rings is 1. The number of amides is 1. The molecule has 0 aromatic heterocycles. The van der Waals surface area contributed by atoms with E-state index in [-0.39, 0.29) is 17.9 Å². The summed E-state index contributed by atoms with van der Waals surface area (Å²) in [5.41, 5.74) is -0.777. The molecule has 4 nitrogen and oxygen atoms in total. The topological polar surface area (TPSA) is 56.1 Å². The molecule has 0 unspecified atom stereocenters. The Morgan fingerprint density at radius 3 is 2.28 bits per heavy atom. The molecule has 0 aliphatic carbocycles. The summed E-state index contributed by atoms with van der Waals surface area (Å²) in [5, 5.41) is 12.1. The Kier molecular flexibility index (Phi) is 5.15. The standard InChI is InChI=1S/C14H25N3O/c1-11(2)14(4,10-15)16-13(18)12(3)17-8-6-5-7-9-17/h11-12H,5-9H2,1-4H3,(H,16,18)/t12-,14+/m1/s1. The lowest BCUT2D eigenvalue weighted by Gasteiger charge is -2.34. The average Bonchev–Trinajstić information content (AvgIpc) is 2.38. The molecule has 0 saturated carbocycles. The van der Waals surface area contributed by atoms with Gasteiger partial charge in [0.15, 0.2) is 0 Å². The van der Waals surface area contributed by atoms with E-state index in [0.717, 1.165) is 25.9 Å². The van der Waals surface area contributed by atoms with Crippen LogP contribution >= 0.6 is 0 Å². The predicted molar refractivity (Wildman–Crippen MR) is 71.9 cm³/mol. The SMILES string of the molecule is CC(C)[C@](C)(C#N)NC(=O)[C@@H](C)N1CCCCC1. The van der Waals surface area contributed by atoms with Gasteiger partial charge in [-0.2, -0.15) is 5.26 Å². The van der Waals surface area contributed by atoms with Gasteiger partial charge in [0.2, 0.25) is 5.91 Å². The Morgan fingerprint density at radius 2 is 1.83 bits per heavy atom. The molecule has 102 valence electrons. The zero-order chi connectivity index (χ0) is 13.8. The summed E-state index contributed by atoms with van der Waals surface area (Å²) in [6.07, 6.45) is 3.58. The van der Waals surface area contributed by atoms with Gasteiger partial charge in [-0.05, 0) is 45.7 Å². The minimum Gasteiger partial charge on any atom is -0.336 e. The van der Waals surface area contributed by atoms with Crippen LogP contribution in [0.4, 0.5) is 0 Å². The Labute approximate surface area is 110 Å². The summed E-state index contributed by atoms with van der Waals surface area (Å²) < 4.78 is 0. The summed E-state index contributed by atoms with van der Waals surface area (Å²) in [4.78, 5) is 14.4. The Bertz CT molecular complexity index is 328. The first kappa shape index (κ1) is 15.0. The van der Waals surface area contributed by atoms with Crippen molar-refractivity contribution in [3.05, 3.63) is 0 Å². The highest BCUT2D eigenvalue weighted by Gasteiger charge is 2.33. The average molecular weight is 251 g/mol. The molecule has 1 rings (SSSR count). The second-order valence-electron chi connectivity index (χ2n) is 5.73. The van der Waals surface area contributed by atoms with Gasteiger partial charge in [-0.15, -0.1) is 0 Å². The molecule has 1 aliphatic heterocycles. The van der Waals surface area contributed by atoms with Crippen LogP contribution in [-0.4, -0.2) is 35.5 Å². The normalized spacial score (nSPS) is 22.0. The molecule has 0 bridgehead atoms. The quantitative estimate of drug-likeness (QED) is 0.830. The van der Waals surface area contributed by atoms with Crippen LogP contribution in [0.2, 0.25) is 0 Å². The molecule has 1 heterocycles. The van der Waals surface area contributed by atoms with Crippen LogP contribution in [0, 0.1) is 17.2 Å². The molecule has 18 heavy (non-hydrogen) atoms. The summed E-state index contributed by atoms with van der Waals surface area (Å²) in [6.45, 7) is 9.60. The summed E-state index contributed by atoms with van der Waals surface area (Å²) in [5.74, 6) is 0.0645. The van der Waals surface area contributed by atoms with Crippen LogP contribution < -0.4 is 5.32 Å². The van der Waals surface area contributed by atoms with Gasteiger partial charge < -0.3 is 5.32 Å². The minimum atomic E-state index is -0.777. The maximum Gasteiger partial charge on any atom is 0.238 e. The second-order valence-corrected chi connectivity index (χ2v) is 5.73. The second kappa shape index (κ2) is 6.19. The van der Waals surface area contributed by atoms with Gasteiger partial charge in [-0.25, -0.2) is 0 Å². The number of nitrogens with one attached hydrogen (secondary N) is 1. The number of hydrogen-bond donors (Lipinski definition) is 1. The van der Waals surface area contributed by atoms with Crippen LogP contribution in [0.1, 0.15) is 47.0 Å². The summed E-state index contributed by atoms with van der Waals surface area (Å²) >= 11 is 0. The fourth-order valence-electron chi connectivity index (χ4n) is 2.13. The highest BCUT2D eigenvalue weighted by Crippen LogP contribution is 2.17. The van der Waals surface area contributed by atoms with Crippen LogP contribution in [0.25, 0.3) is 0 Å². The van der Waals surface area contributed by atoms with Gasteiger partial charge in [-0.1, -0.05) is 20.3 Å². The number of nitriles is 1. The lowest BCUT2D eigenvalue weighted by atomic mass is 9.89. The molecule has 2 atom stereocenters. The molecular formula is C14H25N3O. The Hall–Kier alpha value is -1.08. The van der Waals surface area contributed by atoms with Crippen LogP contribution in [0.3, 0.4) is 0 Å². The number of likely N-dealkylation sites (tertiary alicyclic amines) is 1. The van der Waals surface area contributed by atoms with Crippen molar-refractivity contribution in [2.24, 2.45) is 5.92 Å². The van der Waals surface area contributed by atoms with Crippen molar-refractivity contribution >= 4 is 5.91 Å². The molecule has 1 saturated heterocycles. The van der Waals surface area contributed by atoms with E-state index < -0.39 is 5.54 Å². The van der Waals surface area contributed by atoms with Crippen molar-refractivity contribution < 1.29 is 4.79 Å². The molecule has 1 fully saturated rings. The van der Waals surface area contributed by atoms with E-state index in [9.17, 15) is 10.1 Å².